The highest BCUT2D eigenvalue weighted by Crippen LogP contribution is 2.15. The van der Waals surface area contributed by atoms with Gasteiger partial charge in [0.2, 0.25) is 0 Å². The van der Waals surface area contributed by atoms with Crippen LogP contribution in [-0.2, 0) is 9.53 Å². The molecular formula is C19H17ClO4. The minimum atomic E-state index is -0.429. The summed E-state index contributed by atoms with van der Waals surface area (Å²) < 4.78 is 10.1. The second-order valence-electron chi connectivity index (χ2n) is 4.87. The molecule has 0 aliphatic heterocycles. The zero-order valence-electron chi connectivity index (χ0n) is 13.2. The maximum absolute atomic E-state index is 12.1. The van der Waals surface area contributed by atoms with E-state index in [9.17, 15) is 9.59 Å². The average Bonchev–Trinajstić information content (AvgIpc) is 2.59. The van der Waals surface area contributed by atoms with Crippen LogP contribution in [0, 0.1) is 0 Å². The SMILES string of the molecule is CCOC(=O)COc1ccc(C(=O)C=Cc2cccc(Cl)c2)cc1. The summed E-state index contributed by atoms with van der Waals surface area (Å²) in [6.45, 7) is 1.89. The molecule has 0 heterocycles. The molecule has 0 fully saturated rings. The number of ketones is 1. The normalized spacial score (nSPS) is 10.6. The predicted octanol–water partition coefficient (Wildman–Crippen LogP) is 4.18. The topological polar surface area (TPSA) is 52.6 Å². The second kappa shape index (κ2) is 8.89. The number of halogens is 1. The first-order valence-electron chi connectivity index (χ1n) is 7.45. The largest absolute Gasteiger partial charge is 0.482 e. The molecule has 0 amide bonds. The third-order valence-corrected chi connectivity index (χ3v) is 3.31. The maximum atomic E-state index is 12.1. The molecule has 2 aromatic rings. The number of hydrogen-bond acceptors (Lipinski definition) is 4. The predicted molar refractivity (Wildman–Crippen MR) is 93.4 cm³/mol. The van der Waals surface area contributed by atoms with Crippen molar-refractivity contribution >= 4 is 29.4 Å². The minimum absolute atomic E-state index is 0.132. The van der Waals surface area contributed by atoms with Crippen molar-refractivity contribution in [2.75, 3.05) is 13.2 Å². The quantitative estimate of drug-likeness (QED) is 0.429. The van der Waals surface area contributed by atoms with E-state index >= 15 is 0 Å². The maximum Gasteiger partial charge on any atom is 0.344 e. The zero-order chi connectivity index (χ0) is 17.4. The van der Waals surface area contributed by atoms with Crippen LogP contribution in [0.25, 0.3) is 6.08 Å². The Hall–Kier alpha value is -2.59. The number of carbonyl (C=O) groups is 2. The summed E-state index contributed by atoms with van der Waals surface area (Å²) in [6.07, 6.45) is 3.19. The summed E-state index contributed by atoms with van der Waals surface area (Å²) in [5.41, 5.74) is 1.38. The third-order valence-electron chi connectivity index (χ3n) is 3.08. The molecule has 0 spiro atoms. The van der Waals surface area contributed by atoms with Gasteiger partial charge in [-0.15, -0.1) is 0 Å². The van der Waals surface area contributed by atoms with Gasteiger partial charge in [-0.05, 0) is 55.0 Å². The van der Waals surface area contributed by atoms with Crippen LogP contribution in [0.3, 0.4) is 0 Å². The van der Waals surface area contributed by atoms with E-state index < -0.39 is 5.97 Å². The van der Waals surface area contributed by atoms with Crippen molar-refractivity contribution < 1.29 is 19.1 Å². The van der Waals surface area contributed by atoms with Gasteiger partial charge in [0.05, 0.1) is 6.61 Å². The first-order chi connectivity index (χ1) is 11.6. The first kappa shape index (κ1) is 17.8. The Labute approximate surface area is 145 Å². The molecule has 0 saturated carbocycles. The summed E-state index contributed by atoms with van der Waals surface area (Å²) in [6, 6.07) is 13.8. The van der Waals surface area contributed by atoms with Crippen molar-refractivity contribution in [3.63, 3.8) is 0 Å². The molecule has 0 unspecified atom stereocenters. The molecule has 0 bridgehead atoms. The van der Waals surface area contributed by atoms with Crippen molar-refractivity contribution in [2.24, 2.45) is 0 Å². The van der Waals surface area contributed by atoms with Crippen LogP contribution in [0.15, 0.2) is 54.6 Å². The molecule has 0 aliphatic carbocycles. The molecule has 124 valence electrons. The number of ether oxygens (including phenoxy) is 2. The molecule has 0 aromatic heterocycles. The van der Waals surface area contributed by atoms with Crippen LogP contribution in [0.5, 0.6) is 5.75 Å². The van der Waals surface area contributed by atoms with Crippen molar-refractivity contribution in [3.05, 3.63) is 70.8 Å². The van der Waals surface area contributed by atoms with Crippen LogP contribution in [0.1, 0.15) is 22.8 Å². The Morgan fingerprint density at radius 2 is 1.88 bits per heavy atom. The van der Waals surface area contributed by atoms with Crippen LogP contribution in [0.2, 0.25) is 5.02 Å². The molecule has 0 N–H and O–H groups in total. The Morgan fingerprint density at radius 1 is 1.12 bits per heavy atom. The molecule has 2 aromatic carbocycles. The second-order valence-corrected chi connectivity index (χ2v) is 5.31. The van der Waals surface area contributed by atoms with Gasteiger partial charge in [-0.3, -0.25) is 4.79 Å². The average molecular weight is 345 g/mol. The highest BCUT2D eigenvalue weighted by molar-refractivity contribution is 6.30. The van der Waals surface area contributed by atoms with Gasteiger partial charge in [-0.2, -0.15) is 0 Å². The minimum Gasteiger partial charge on any atom is -0.482 e. The molecular weight excluding hydrogens is 328 g/mol. The van der Waals surface area contributed by atoms with E-state index in [0.717, 1.165) is 5.56 Å². The van der Waals surface area contributed by atoms with Gasteiger partial charge in [0.15, 0.2) is 12.4 Å². The lowest BCUT2D eigenvalue weighted by Crippen LogP contribution is -2.14. The lowest BCUT2D eigenvalue weighted by molar-refractivity contribution is -0.145. The summed E-state index contributed by atoms with van der Waals surface area (Å²) >= 11 is 5.90. The number of benzene rings is 2. The van der Waals surface area contributed by atoms with Gasteiger partial charge >= 0.3 is 5.97 Å². The van der Waals surface area contributed by atoms with Crippen LogP contribution >= 0.6 is 11.6 Å². The van der Waals surface area contributed by atoms with Gasteiger partial charge in [-0.1, -0.05) is 29.8 Å². The van der Waals surface area contributed by atoms with E-state index in [1.54, 1.807) is 49.4 Å². The summed E-state index contributed by atoms with van der Waals surface area (Å²) in [4.78, 5) is 23.3. The van der Waals surface area contributed by atoms with Gasteiger partial charge in [0.25, 0.3) is 0 Å². The van der Waals surface area contributed by atoms with Gasteiger partial charge in [-0.25, -0.2) is 4.79 Å². The fourth-order valence-electron chi connectivity index (χ4n) is 1.94. The van der Waals surface area contributed by atoms with E-state index in [4.69, 9.17) is 21.1 Å². The lowest BCUT2D eigenvalue weighted by Gasteiger charge is -2.06. The van der Waals surface area contributed by atoms with E-state index in [-0.39, 0.29) is 12.4 Å². The van der Waals surface area contributed by atoms with Crippen molar-refractivity contribution in [2.45, 2.75) is 6.92 Å². The van der Waals surface area contributed by atoms with Crippen LogP contribution in [0.4, 0.5) is 0 Å². The number of carbonyl (C=O) groups excluding carboxylic acids is 2. The molecule has 0 radical (unpaired) electrons. The van der Waals surface area contributed by atoms with E-state index in [0.29, 0.717) is 22.9 Å². The highest BCUT2D eigenvalue weighted by atomic mass is 35.5. The van der Waals surface area contributed by atoms with Crippen molar-refractivity contribution in [1.82, 2.24) is 0 Å². The van der Waals surface area contributed by atoms with Gasteiger partial charge in [0, 0.05) is 10.6 Å². The van der Waals surface area contributed by atoms with Crippen molar-refractivity contribution in [1.29, 1.82) is 0 Å². The number of esters is 1. The van der Waals surface area contributed by atoms with E-state index in [1.165, 1.54) is 6.08 Å². The standard InChI is InChI=1S/C19H17ClO4/c1-2-23-19(22)13-24-17-9-7-15(8-10-17)18(21)11-6-14-4-3-5-16(20)12-14/h3-12H,2,13H2,1H3. The number of allylic oxidation sites excluding steroid dienone is 1. The monoisotopic (exact) mass is 344 g/mol. The highest BCUT2D eigenvalue weighted by Gasteiger charge is 2.05. The Balaban J connectivity index is 1.94. The number of rotatable bonds is 7. The smallest absolute Gasteiger partial charge is 0.344 e. The Morgan fingerprint density at radius 3 is 2.54 bits per heavy atom. The fourth-order valence-corrected chi connectivity index (χ4v) is 2.14. The Bertz CT molecular complexity index is 735. The summed E-state index contributed by atoms with van der Waals surface area (Å²) in [5.74, 6) is -0.0625. The van der Waals surface area contributed by atoms with Gasteiger partial charge in [0.1, 0.15) is 5.75 Å². The summed E-state index contributed by atoms with van der Waals surface area (Å²) in [7, 11) is 0. The van der Waals surface area contributed by atoms with Crippen LogP contribution in [-0.4, -0.2) is 25.0 Å². The Kier molecular flexibility index (Phi) is 6.58. The molecule has 4 nitrogen and oxygen atoms in total. The van der Waals surface area contributed by atoms with Gasteiger partial charge < -0.3 is 9.47 Å². The molecule has 5 heteroatoms. The number of hydrogen-bond donors (Lipinski definition) is 0. The lowest BCUT2D eigenvalue weighted by atomic mass is 10.1. The molecule has 0 atom stereocenters. The zero-order valence-corrected chi connectivity index (χ0v) is 14.0. The van der Waals surface area contributed by atoms with Crippen molar-refractivity contribution in [3.8, 4) is 5.75 Å². The molecule has 2 rings (SSSR count). The first-order valence-corrected chi connectivity index (χ1v) is 7.82. The van der Waals surface area contributed by atoms with E-state index in [1.807, 2.05) is 12.1 Å². The van der Waals surface area contributed by atoms with Crippen LogP contribution < -0.4 is 4.74 Å². The molecule has 0 aliphatic rings. The fraction of sp³-hybridized carbons (Fsp3) is 0.158. The summed E-state index contributed by atoms with van der Waals surface area (Å²) in [5, 5.41) is 0.618. The van der Waals surface area contributed by atoms with E-state index in [2.05, 4.69) is 0 Å². The molecule has 24 heavy (non-hydrogen) atoms. The third kappa shape index (κ3) is 5.56. The molecule has 0 saturated heterocycles.